The Kier molecular flexibility index (Phi) is 150. The van der Waals surface area contributed by atoms with Crippen LogP contribution < -0.4 is 0 Å². The molecule has 5 N–H and O–H groups in total. The molecule has 0 spiro atoms. The van der Waals surface area contributed by atoms with E-state index in [1.54, 1.807) is 34.6 Å². The fourth-order valence-corrected chi connectivity index (χ4v) is 0. The minimum Gasteiger partial charge on any atom is -0.397 e. The highest BCUT2D eigenvalue weighted by Gasteiger charge is 1.78. The Hall–Kier alpha value is 0.670. The molecule has 126 valence electrons. The number of hydrogen-bond donors (Lipinski definition) is 5. The van der Waals surface area contributed by atoms with Gasteiger partial charge in [-0.15, -0.1) is 0 Å². The number of rotatable bonds is 0. The molecular formula is C11H31Cl3O5. The molecule has 0 aromatic heterocycles. The van der Waals surface area contributed by atoms with Gasteiger partial charge in [0.25, 0.3) is 0 Å². The number of halogens is 3. The SMILES string of the molecule is CCO.CCO.CCO.CCO.CCO.ClC(Cl)Cl. The summed E-state index contributed by atoms with van der Waals surface area (Å²) in [5.74, 6) is 0. The molecule has 5 nitrogen and oxygen atoms in total. The van der Waals surface area contributed by atoms with Crippen LogP contribution in [0.4, 0.5) is 0 Å². The maximum atomic E-state index is 7.57. The predicted octanol–water partition coefficient (Wildman–Crippen LogP) is 1.98. The van der Waals surface area contributed by atoms with Crippen molar-refractivity contribution < 1.29 is 25.5 Å². The van der Waals surface area contributed by atoms with Crippen LogP contribution in [-0.2, 0) is 0 Å². The van der Waals surface area contributed by atoms with Crippen molar-refractivity contribution in [2.24, 2.45) is 0 Å². The van der Waals surface area contributed by atoms with Crippen LogP contribution in [0.3, 0.4) is 0 Å². The van der Waals surface area contributed by atoms with Gasteiger partial charge in [0.15, 0.2) is 4.30 Å². The fourth-order valence-electron chi connectivity index (χ4n) is 0. The molecule has 0 aliphatic rings. The molecule has 0 aromatic rings. The van der Waals surface area contributed by atoms with Crippen LogP contribution in [0.2, 0.25) is 0 Å². The van der Waals surface area contributed by atoms with Crippen molar-refractivity contribution in [1.29, 1.82) is 0 Å². The first-order valence-electron chi connectivity index (χ1n) is 5.77. The summed E-state index contributed by atoms with van der Waals surface area (Å²) in [6, 6.07) is 0. The summed E-state index contributed by atoms with van der Waals surface area (Å²) in [6.45, 7) is 9.65. The quantitative estimate of drug-likeness (QED) is 0.430. The smallest absolute Gasteiger partial charge is 0.180 e. The molecule has 0 saturated carbocycles. The van der Waals surface area contributed by atoms with E-state index in [1.165, 1.54) is 0 Å². The Bertz CT molecular complexity index is 57.9. The van der Waals surface area contributed by atoms with Crippen LogP contribution in [0.5, 0.6) is 0 Å². The molecule has 0 aliphatic carbocycles. The van der Waals surface area contributed by atoms with Gasteiger partial charge >= 0.3 is 0 Å². The third-order valence-electron chi connectivity index (χ3n) is 0. The summed E-state index contributed by atoms with van der Waals surface area (Å²) in [6.07, 6.45) is 0. The average Bonchev–Trinajstić information content (AvgIpc) is 2.21. The Morgan fingerprint density at radius 1 is 0.526 bits per heavy atom. The highest BCUT2D eigenvalue weighted by atomic mass is 35.6. The van der Waals surface area contributed by atoms with E-state index in [9.17, 15) is 0 Å². The molecule has 0 atom stereocenters. The molecule has 0 aliphatic heterocycles. The van der Waals surface area contributed by atoms with Gasteiger partial charge in [0.1, 0.15) is 0 Å². The minimum absolute atomic E-state index is 0.250. The van der Waals surface area contributed by atoms with Gasteiger partial charge in [0.2, 0.25) is 0 Å². The van der Waals surface area contributed by atoms with E-state index in [4.69, 9.17) is 60.3 Å². The summed E-state index contributed by atoms with van der Waals surface area (Å²) >= 11 is 14.4. The number of hydrogen-bond acceptors (Lipinski definition) is 5. The van der Waals surface area contributed by atoms with E-state index in [1.807, 2.05) is 0 Å². The second kappa shape index (κ2) is 77.5. The zero-order valence-corrected chi connectivity index (χ0v) is 14.8. The molecule has 0 fully saturated rings. The Balaban J connectivity index is -0.0000000268. The average molecular weight is 350 g/mol. The normalized spacial score (nSPS) is 6.63. The number of aliphatic hydroxyl groups is 5. The molecule has 0 rings (SSSR count). The fraction of sp³-hybridized carbons (Fsp3) is 1.00. The van der Waals surface area contributed by atoms with E-state index in [2.05, 4.69) is 0 Å². The highest BCUT2D eigenvalue weighted by Crippen LogP contribution is 2.03. The zero-order chi connectivity index (χ0) is 17.1. The van der Waals surface area contributed by atoms with E-state index in [0.29, 0.717) is 0 Å². The second-order valence-electron chi connectivity index (χ2n) is 1.83. The highest BCUT2D eigenvalue weighted by molar-refractivity contribution is 6.63. The van der Waals surface area contributed by atoms with Crippen LogP contribution in [0.25, 0.3) is 0 Å². The largest absolute Gasteiger partial charge is 0.397 e. The van der Waals surface area contributed by atoms with Crippen molar-refractivity contribution in [1.82, 2.24) is 0 Å². The minimum atomic E-state index is -0.750. The first-order valence-corrected chi connectivity index (χ1v) is 7.08. The van der Waals surface area contributed by atoms with Crippen LogP contribution in [0.15, 0.2) is 0 Å². The molecule has 19 heavy (non-hydrogen) atoms. The molecule has 0 aromatic carbocycles. The lowest BCUT2D eigenvalue weighted by Gasteiger charge is -1.69. The third-order valence-corrected chi connectivity index (χ3v) is 0. The summed E-state index contributed by atoms with van der Waals surface area (Å²) in [5.41, 5.74) is 0. The van der Waals surface area contributed by atoms with E-state index < -0.39 is 4.30 Å². The maximum Gasteiger partial charge on any atom is 0.180 e. The molecular weight excluding hydrogens is 318 g/mol. The molecule has 8 heteroatoms. The molecule has 0 heterocycles. The lowest BCUT2D eigenvalue weighted by Crippen LogP contribution is -1.57. The van der Waals surface area contributed by atoms with Crippen molar-refractivity contribution in [2.45, 2.75) is 38.9 Å². The van der Waals surface area contributed by atoms with Gasteiger partial charge in [-0.05, 0) is 34.6 Å². The van der Waals surface area contributed by atoms with Gasteiger partial charge < -0.3 is 25.5 Å². The molecule has 0 radical (unpaired) electrons. The van der Waals surface area contributed by atoms with E-state index >= 15 is 0 Å². The molecule has 0 amide bonds. The van der Waals surface area contributed by atoms with Crippen LogP contribution in [0.1, 0.15) is 34.6 Å². The molecule has 0 saturated heterocycles. The standard InChI is InChI=1S/5C2H6O.CHCl3/c5*1-2-3;2-1(3)4/h5*3H,2H2,1H3;1H. The lowest BCUT2D eigenvalue weighted by atomic mass is 10.9. The molecule has 0 bridgehead atoms. The monoisotopic (exact) mass is 348 g/mol. The predicted molar refractivity (Wildman–Crippen MR) is 85.1 cm³/mol. The van der Waals surface area contributed by atoms with E-state index in [0.717, 1.165) is 0 Å². The van der Waals surface area contributed by atoms with Gasteiger partial charge in [-0.3, -0.25) is 0 Å². The maximum absolute atomic E-state index is 7.57. The van der Waals surface area contributed by atoms with Crippen molar-refractivity contribution in [3.05, 3.63) is 0 Å². The van der Waals surface area contributed by atoms with Gasteiger partial charge in [-0.25, -0.2) is 0 Å². The van der Waals surface area contributed by atoms with Crippen molar-refractivity contribution in [3.8, 4) is 0 Å². The van der Waals surface area contributed by atoms with Crippen molar-refractivity contribution >= 4 is 34.8 Å². The van der Waals surface area contributed by atoms with E-state index in [-0.39, 0.29) is 33.0 Å². The third kappa shape index (κ3) is 11600. The zero-order valence-electron chi connectivity index (χ0n) is 12.5. The van der Waals surface area contributed by atoms with Crippen LogP contribution in [0, 0.1) is 0 Å². The molecule has 0 unspecified atom stereocenters. The number of aliphatic hydroxyl groups excluding tert-OH is 5. The van der Waals surface area contributed by atoms with Gasteiger partial charge in [0.05, 0.1) is 0 Å². The Labute approximate surface area is 132 Å². The summed E-state index contributed by atoms with van der Waals surface area (Å²) in [4.78, 5) is 0. The number of alkyl halides is 3. The topological polar surface area (TPSA) is 101 Å². The van der Waals surface area contributed by atoms with Crippen LogP contribution in [-0.4, -0.2) is 62.9 Å². The van der Waals surface area contributed by atoms with Gasteiger partial charge in [-0.2, -0.15) is 0 Å². The van der Waals surface area contributed by atoms with Crippen molar-refractivity contribution in [2.75, 3.05) is 33.0 Å². The van der Waals surface area contributed by atoms with Gasteiger partial charge in [0, 0.05) is 33.0 Å². The van der Waals surface area contributed by atoms with Gasteiger partial charge in [-0.1, -0.05) is 34.8 Å². The summed E-state index contributed by atoms with van der Waals surface area (Å²) in [7, 11) is 0. The first kappa shape index (κ1) is 36.7. The van der Waals surface area contributed by atoms with Crippen molar-refractivity contribution in [3.63, 3.8) is 0 Å². The van der Waals surface area contributed by atoms with Crippen LogP contribution >= 0.6 is 34.8 Å². The lowest BCUT2D eigenvalue weighted by molar-refractivity contribution is 0.318. The Morgan fingerprint density at radius 3 is 0.526 bits per heavy atom. The summed E-state index contributed by atoms with van der Waals surface area (Å²) < 4.78 is -0.750. The Morgan fingerprint density at radius 2 is 0.526 bits per heavy atom. The second-order valence-corrected chi connectivity index (χ2v) is 3.81. The first-order chi connectivity index (χ1) is 8.80. The summed E-state index contributed by atoms with van der Waals surface area (Å²) in [5, 5.41) is 37.8.